The van der Waals surface area contributed by atoms with Crippen LogP contribution in [-0.4, -0.2) is 27.4 Å². The summed E-state index contributed by atoms with van der Waals surface area (Å²) >= 11 is 1.30. The highest BCUT2D eigenvalue weighted by molar-refractivity contribution is 7.07. The summed E-state index contributed by atoms with van der Waals surface area (Å²) in [6, 6.07) is 27.2. The third kappa shape index (κ3) is 5.30. The van der Waals surface area contributed by atoms with Gasteiger partial charge in [-0.05, 0) is 41.7 Å². The van der Waals surface area contributed by atoms with E-state index in [1.165, 1.54) is 18.4 Å². The standard InChI is InChI=1S/C35H32N4O3S/c1-22-29(33(41)42-5)31(24-16-18-26(19-17-24)35(2,3)4)39-32(40)28(43-34(39)36-22)20-25-21-38(27-14-10-7-11-15-27)37-30(25)23-12-8-6-9-13-23/h6-21,31H,1-5H3/b28-20-. The van der Waals surface area contributed by atoms with Crippen LogP contribution in [0.2, 0.25) is 0 Å². The summed E-state index contributed by atoms with van der Waals surface area (Å²) in [5.41, 5.74) is 6.02. The van der Waals surface area contributed by atoms with Crippen molar-refractivity contribution in [1.82, 2.24) is 14.3 Å². The van der Waals surface area contributed by atoms with Crippen molar-refractivity contribution in [3.8, 4) is 16.9 Å². The molecule has 0 saturated carbocycles. The number of rotatable bonds is 5. The van der Waals surface area contributed by atoms with Crippen LogP contribution in [0.5, 0.6) is 0 Å². The number of nitrogens with zero attached hydrogens (tertiary/aromatic N) is 4. The maximum Gasteiger partial charge on any atom is 0.338 e. The molecule has 1 atom stereocenters. The lowest BCUT2D eigenvalue weighted by Crippen LogP contribution is -2.39. The molecule has 1 unspecified atom stereocenters. The number of aromatic nitrogens is 3. The van der Waals surface area contributed by atoms with Crippen molar-refractivity contribution in [3.63, 3.8) is 0 Å². The van der Waals surface area contributed by atoms with E-state index in [9.17, 15) is 9.59 Å². The van der Waals surface area contributed by atoms with Crippen LogP contribution in [-0.2, 0) is 14.9 Å². The molecule has 3 aromatic carbocycles. The first-order valence-corrected chi connectivity index (χ1v) is 14.9. The van der Waals surface area contributed by atoms with Crippen molar-refractivity contribution in [3.05, 3.63) is 139 Å². The number of methoxy groups -OCH3 is 1. The van der Waals surface area contributed by atoms with E-state index < -0.39 is 12.0 Å². The van der Waals surface area contributed by atoms with Gasteiger partial charge in [-0.2, -0.15) is 5.10 Å². The van der Waals surface area contributed by atoms with Gasteiger partial charge in [0.2, 0.25) is 0 Å². The van der Waals surface area contributed by atoms with Gasteiger partial charge in [0.05, 0.1) is 40.3 Å². The summed E-state index contributed by atoms with van der Waals surface area (Å²) in [4.78, 5) is 32.5. The minimum atomic E-state index is -0.666. The Morgan fingerprint density at radius 2 is 1.60 bits per heavy atom. The molecule has 0 aliphatic carbocycles. The Morgan fingerprint density at radius 3 is 2.23 bits per heavy atom. The topological polar surface area (TPSA) is 78.5 Å². The smallest absolute Gasteiger partial charge is 0.338 e. The largest absolute Gasteiger partial charge is 0.466 e. The van der Waals surface area contributed by atoms with E-state index in [0.29, 0.717) is 20.6 Å². The maximum absolute atomic E-state index is 14.2. The molecule has 0 saturated heterocycles. The number of hydrogen-bond acceptors (Lipinski definition) is 6. The van der Waals surface area contributed by atoms with Crippen molar-refractivity contribution in [2.75, 3.05) is 7.11 Å². The van der Waals surface area contributed by atoms with E-state index in [1.54, 1.807) is 11.5 Å². The Hall–Kier alpha value is -4.82. The molecule has 0 spiro atoms. The van der Waals surface area contributed by atoms with Gasteiger partial charge in [-0.25, -0.2) is 14.5 Å². The van der Waals surface area contributed by atoms with Crippen LogP contribution in [0.4, 0.5) is 0 Å². The van der Waals surface area contributed by atoms with Gasteiger partial charge in [-0.15, -0.1) is 0 Å². The van der Waals surface area contributed by atoms with E-state index in [-0.39, 0.29) is 11.0 Å². The number of fused-ring (bicyclic) bond motifs is 1. The van der Waals surface area contributed by atoms with Gasteiger partial charge in [-0.3, -0.25) is 9.36 Å². The number of carbonyl (C=O) groups excluding carboxylic acids is 1. The van der Waals surface area contributed by atoms with Crippen LogP contribution in [0.15, 0.2) is 112 Å². The third-order valence-corrected chi connectivity index (χ3v) is 8.60. The molecule has 0 fully saturated rings. The lowest BCUT2D eigenvalue weighted by Gasteiger charge is -2.25. The fraction of sp³-hybridized carbons (Fsp3) is 0.200. The molecule has 0 amide bonds. The van der Waals surface area contributed by atoms with Crippen molar-refractivity contribution in [2.24, 2.45) is 4.99 Å². The molecule has 0 N–H and O–H groups in total. The molecule has 3 heterocycles. The van der Waals surface area contributed by atoms with Crippen LogP contribution in [0.1, 0.15) is 50.4 Å². The number of allylic oxidation sites excluding steroid dienone is 1. The summed E-state index contributed by atoms with van der Waals surface area (Å²) in [5.74, 6) is -0.504. The van der Waals surface area contributed by atoms with Crippen LogP contribution >= 0.6 is 11.3 Å². The number of thiazole rings is 1. The third-order valence-electron chi connectivity index (χ3n) is 7.62. The molecule has 8 heteroatoms. The Kier molecular flexibility index (Phi) is 7.31. The Bertz CT molecular complexity index is 2030. The zero-order chi connectivity index (χ0) is 30.3. The lowest BCUT2D eigenvalue weighted by atomic mass is 9.85. The zero-order valence-electron chi connectivity index (χ0n) is 24.7. The molecule has 2 aromatic heterocycles. The fourth-order valence-corrected chi connectivity index (χ4v) is 6.38. The minimum absolute atomic E-state index is 0.0372. The SMILES string of the molecule is COC(=O)C1=C(C)N=c2s/c(=C\c3cn(-c4ccccc4)nc3-c3ccccc3)c(=O)n2C1c1ccc(C(C)(C)C)cc1. The van der Waals surface area contributed by atoms with Gasteiger partial charge < -0.3 is 4.74 Å². The monoisotopic (exact) mass is 588 g/mol. The number of esters is 1. The highest BCUT2D eigenvalue weighted by Gasteiger charge is 2.33. The molecule has 1 aliphatic heterocycles. The van der Waals surface area contributed by atoms with E-state index in [1.807, 2.05) is 89.8 Å². The van der Waals surface area contributed by atoms with E-state index in [2.05, 4.69) is 32.9 Å². The normalized spacial score (nSPS) is 15.3. The molecule has 1 aliphatic rings. The lowest BCUT2D eigenvalue weighted by molar-refractivity contribution is -0.136. The minimum Gasteiger partial charge on any atom is -0.466 e. The molecule has 7 nitrogen and oxygen atoms in total. The molecule has 6 rings (SSSR count). The van der Waals surface area contributed by atoms with E-state index >= 15 is 0 Å². The van der Waals surface area contributed by atoms with Gasteiger partial charge in [0, 0.05) is 17.3 Å². The van der Waals surface area contributed by atoms with Crippen LogP contribution < -0.4 is 14.9 Å². The van der Waals surface area contributed by atoms with Crippen molar-refractivity contribution in [1.29, 1.82) is 0 Å². The molecule has 5 aromatic rings. The van der Waals surface area contributed by atoms with Crippen molar-refractivity contribution >= 4 is 23.4 Å². The van der Waals surface area contributed by atoms with Gasteiger partial charge in [-0.1, -0.05) is 105 Å². The molecule has 0 bridgehead atoms. The van der Waals surface area contributed by atoms with Gasteiger partial charge in [0.15, 0.2) is 4.80 Å². The summed E-state index contributed by atoms with van der Waals surface area (Å²) in [5, 5.41) is 4.90. The average Bonchev–Trinajstić information content (AvgIpc) is 3.57. The second kappa shape index (κ2) is 11.1. The zero-order valence-corrected chi connectivity index (χ0v) is 25.6. The van der Waals surface area contributed by atoms with Crippen LogP contribution in [0, 0.1) is 0 Å². The summed E-state index contributed by atoms with van der Waals surface area (Å²) in [6.45, 7) is 8.24. The summed E-state index contributed by atoms with van der Waals surface area (Å²) in [7, 11) is 1.35. The average molecular weight is 589 g/mol. The number of benzene rings is 3. The Balaban J connectivity index is 1.55. The summed E-state index contributed by atoms with van der Waals surface area (Å²) < 4.78 is 9.11. The predicted molar refractivity (Wildman–Crippen MR) is 170 cm³/mol. The Morgan fingerprint density at radius 1 is 0.953 bits per heavy atom. The first-order valence-electron chi connectivity index (χ1n) is 14.1. The van der Waals surface area contributed by atoms with Crippen molar-refractivity contribution in [2.45, 2.75) is 39.2 Å². The first kappa shape index (κ1) is 28.3. The molecule has 43 heavy (non-hydrogen) atoms. The second-order valence-corrected chi connectivity index (χ2v) is 12.5. The molecule has 0 radical (unpaired) electrons. The highest BCUT2D eigenvalue weighted by Crippen LogP contribution is 2.32. The fourth-order valence-electron chi connectivity index (χ4n) is 5.34. The predicted octanol–water partition coefficient (Wildman–Crippen LogP) is 5.56. The van der Waals surface area contributed by atoms with Gasteiger partial charge in [0.1, 0.15) is 0 Å². The number of ether oxygens (including phenoxy) is 1. The second-order valence-electron chi connectivity index (χ2n) is 11.5. The van der Waals surface area contributed by atoms with Crippen molar-refractivity contribution < 1.29 is 9.53 Å². The van der Waals surface area contributed by atoms with Gasteiger partial charge in [0.25, 0.3) is 5.56 Å². The van der Waals surface area contributed by atoms with E-state index in [0.717, 1.165) is 33.6 Å². The van der Waals surface area contributed by atoms with Crippen LogP contribution in [0.25, 0.3) is 23.0 Å². The first-order chi connectivity index (χ1) is 20.7. The van der Waals surface area contributed by atoms with Crippen LogP contribution in [0.3, 0.4) is 0 Å². The quantitative estimate of drug-likeness (QED) is 0.252. The number of hydrogen-bond donors (Lipinski definition) is 0. The number of carbonyl (C=O) groups is 1. The Labute approximate surface area is 253 Å². The van der Waals surface area contributed by atoms with E-state index in [4.69, 9.17) is 14.8 Å². The molecular weight excluding hydrogens is 556 g/mol. The summed E-state index contributed by atoms with van der Waals surface area (Å²) in [6.07, 6.45) is 3.80. The number of para-hydroxylation sites is 1. The van der Waals surface area contributed by atoms with Gasteiger partial charge >= 0.3 is 5.97 Å². The molecular formula is C35H32N4O3S. The maximum atomic E-state index is 14.2. The molecule has 216 valence electrons. The highest BCUT2D eigenvalue weighted by atomic mass is 32.1.